The average molecular weight is 1870 g/mol. The molecule has 7 aromatic rings. The van der Waals surface area contributed by atoms with Crippen molar-refractivity contribution in [3.8, 4) is 0 Å². The SMILES string of the molecule is C1CCC([PH+](C2CCCCC2)C2CCCCC2)CC1.C=CN(Cc1ccc(F)cc1)S(C)(=O)=O.CS(=O)(=O)N([CH]=[Ru]([Cl])[Cl])Cc1ccc(F)cc1.Cc1cc(C)c(N2[CH-]N(c3c(C)cc(C)cc3C)CC2)c(C)c1.Cc1cc(C)c(N2[CH-]N(c3c(C)cc(C)cc3C)CC2)c(C)c1.[Cl][Cu].[Cl][Ru]([Cl])=[CH]c1ccccc1. The van der Waals surface area contributed by atoms with Crippen LogP contribution in [-0.2, 0) is 75.3 Å². The number of hydrogen-bond donors (Lipinski definition) is 0. The molecule has 0 spiro atoms. The van der Waals surface area contributed by atoms with Gasteiger partial charge in [-0.05, 0) is 222 Å². The molecule has 10 nitrogen and oxygen atoms in total. The summed E-state index contributed by atoms with van der Waals surface area (Å²) in [5.41, 5.74) is 27.8. The normalized spacial score (nSPS) is 15.8. The van der Waals surface area contributed by atoms with E-state index in [1.54, 1.807) is 96.3 Å². The van der Waals surface area contributed by atoms with Crippen molar-refractivity contribution in [1.82, 2.24) is 8.61 Å². The zero-order valence-electron chi connectivity index (χ0n) is 66.1. The molecule has 0 unspecified atom stereocenters. The summed E-state index contributed by atoms with van der Waals surface area (Å²) in [5, 5.41) is 0. The Bertz CT molecular complexity index is 3950. The van der Waals surface area contributed by atoms with E-state index in [0.717, 1.165) is 52.9 Å². The Hall–Kier alpha value is -3.61. The van der Waals surface area contributed by atoms with Crippen molar-refractivity contribution in [1.29, 1.82) is 0 Å². The molecule has 7 aromatic carbocycles. The summed E-state index contributed by atoms with van der Waals surface area (Å²) < 4.78 is 76.1. The molecule has 3 aliphatic carbocycles. The third-order valence-corrected chi connectivity index (χ3v) is 31.0. The van der Waals surface area contributed by atoms with Gasteiger partial charge >= 0.3 is 212 Å². The summed E-state index contributed by atoms with van der Waals surface area (Å²) in [6.45, 7) is 38.8. The van der Waals surface area contributed by atoms with E-state index in [0.29, 0.717) is 11.1 Å². The van der Waals surface area contributed by atoms with Crippen molar-refractivity contribution in [2.45, 2.75) is 209 Å². The van der Waals surface area contributed by atoms with Gasteiger partial charge in [0.05, 0.1) is 29.8 Å². The molecule has 0 N–H and O–H groups in total. The van der Waals surface area contributed by atoms with Crippen molar-refractivity contribution < 1.29 is 67.8 Å². The van der Waals surface area contributed by atoms with Gasteiger partial charge in [-0.3, -0.25) is 4.31 Å². The van der Waals surface area contributed by atoms with Crippen LogP contribution < -0.4 is 19.6 Å². The van der Waals surface area contributed by atoms with E-state index < -0.39 is 47.1 Å². The Morgan fingerprint density at radius 1 is 0.440 bits per heavy atom. The first kappa shape index (κ1) is 94.2. The van der Waals surface area contributed by atoms with Crippen LogP contribution in [-0.4, -0.2) is 90.5 Å². The van der Waals surface area contributed by atoms with E-state index >= 15 is 0 Å². The fraction of sp³-hybridized carbons (Fsp3) is 0.442. The van der Waals surface area contributed by atoms with Crippen LogP contribution in [0.1, 0.15) is 180 Å². The Morgan fingerprint density at radius 3 is 0.945 bits per heavy atom. The van der Waals surface area contributed by atoms with Crippen molar-refractivity contribution in [2.75, 3.05) is 58.3 Å². The molecule has 3 saturated carbocycles. The molecule has 5 aliphatic rings. The monoisotopic (exact) mass is 1870 g/mol. The number of aryl methyl sites for hydroxylation is 12. The Kier molecular flexibility index (Phi) is 40.5. The molecule has 2 heterocycles. The number of hydrogen-bond acceptors (Lipinski definition) is 8. The topological polar surface area (TPSA) is 87.7 Å². The first-order valence-electron chi connectivity index (χ1n) is 37.5. The molecule has 2 aliphatic heterocycles. The van der Waals surface area contributed by atoms with Gasteiger partial charge in [0, 0.05) is 63.1 Å². The summed E-state index contributed by atoms with van der Waals surface area (Å²) in [6.07, 6.45) is 27.2. The maximum atomic E-state index is 12.7. The van der Waals surface area contributed by atoms with Crippen LogP contribution in [0.3, 0.4) is 0 Å². The van der Waals surface area contributed by atoms with Gasteiger partial charge in [-0.1, -0.05) is 109 Å². The van der Waals surface area contributed by atoms with Gasteiger partial charge in [-0.2, -0.15) is 13.3 Å². The van der Waals surface area contributed by atoms with E-state index in [-0.39, 0.29) is 32.6 Å². The van der Waals surface area contributed by atoms with Crippen LogP contribution in [0, 0.1) is 108 Å². The molecule has 5 fully saturated rings. The second-order valence-electron chi connectivity index (χ2n) is 29.6. The summed E-state index contributed by atoms with van der Waals surface area (Å²) in [4.78, 5) is 9.62. The summed E-state index contributed by atoms with van der Waals surface area (Å²) >= 11 is -0.183. The molecule has 0 amide bonds. The third-order valence-electron chi connectivity index (χ3n) is 20.4. The van der Waals surface area contributed by atoms with Crippen molar-refractivity contribution in [3.05, 3.63) is 249 Å². The van der Waals surface area contributed by atoms with Crippen LogP contribution in [0.15, 0.2) is 140 Å². The predicted octanol–water partition coefficient (Wildman–Crippen LogP) is 23.6. The minimum absolute atomic E-state index is 0.0465. The standard InChI is InChI=1S/2C21H27N2.C18H33P.C10H12FNO2S.C9H10FNO2S.C7H6.5ClH.Cu.2Ru/c2*1-14-9-16(3)20(17(4)10-14)22-7-8-23(13-22)21-18(5)11-15(2)12-19(21)6;1-4-10-16(11-5-1)19(17-12-6-2-7-13-17)18-14-8-3-9-15-18;1-3-12(15(2,13)14)8-9-4-6-10(11)7-5-9;1-11(14(2,12)13)7-8-3-5-9(10)6-4-8;1-7-5-3-2-4-6-7;;;;;;;;/h2*9-13H,7-8H2,1-6H3;16-18H,1-15H2;3-7H,1,8H2,2H3;1,3-6H,7H2,2H3;1-6H;5*1H;;;/q2*-1;;;;;;;;;;+1;2*+2/p-4. The van der Waals surface area contributed by atoms with Crippen LogP contribution in [0.4, 0.5) is 31.5 Å². The maximum absolute atomic E-state index is 12.7. The zero-order valence-corrected chi connectivity index (χ0v) is 76.9. The quantitative estimate of drug-likeness (QED) is 0.0537. The predicted molar refractivity (Wildman–Crippen MR) is 460 cm³/mol. The fourth-order valence-corrected chi connectivity index (χ4v) is 27.9. The molecular formula is C86H116Cl5CuF2N6O4PRu2S2-. The molecule has 0 radical (unpaired) electrons. The Labute approximate surface area is 694 Å². The molecule has 0 atom stereocenters. The van der Waals surface area contributed by atoms with E-state index in [9.17, 15) is 25.6 Å². The molecule has 608 valence electrons. The zero-order chi connectivity index (χ0) is 80.3. The van der Waals surface area contributed by atoms with Gasteiger partial charge in [0.1, 0.15) is 5.82 Å². The van der Waals surface area contributed by atoms with Gasteiger partial charge in [0.2, 0.25) is 10.0 Å². The van der Waals surface area contributed by atoms with E-state index in [4.69, 9.17) is 38.8 Å². The third kappa shape index (κ3) is 30.8. The Balaban J connectivity index is 0.000000207. The van der Waals surface area contributed by atoms with Crippen LogP contribution in [0.5, 0.6) is 0 Å². The van der Waals surface area contributed by atoms with Crippen molar-refractivity contribution in [3.63, 3.8) is 0 Å². The van der Waals surface area contributed by atoms with E-state index in [1.807, 2.05) is 34.9 Å². The number of anilines is 4. The summed E-state index contributed by atoms with van der Waals surface area (Å²) in [6, 6.07) is 39.4. The molecule has 23 heteroatoms. The molecule has 2 saturated heterocycles. The summed E-state index contributed by atoms with van der Waals surface area (Å²) in [7, 11) is 20.1. The van der Waals surface area contributed by atoms with Crippen LogP contribution >= 0.6 is 56.8 Å². The van der Waals surface area contributed by atoms with Gasteiger partial charge < -0.3 is 19.6 Å². The van der Waals surface area contributed by atoms with Gasteiger partial charge in [-0.25, -0.2) is 12.8 Å². The number of rotatable bonds is 16. The van der Waals surface area contributed by atoms with Crippen LogP contribution in [0.25, 0.3) is 0 Å². The minimum atomic E-state index is -3.42. The number of sulfonamides is 2. The second-order valence-corrected chi connectivity index (χ2v) is 48.3. The van der Waals surface area contributed by atoms with Gasteiger partial charge in [0.25, 0.3) is 0 Å². The van der Waals surface area contributed by atoms with Crippen molar-refractivity contribution in [2.24, 2.45) is 0 Å². The van der Waals surface area contributed by atoms with Crippen LogP contribution in [0.2, 0.25) is 0 Å². The number of halogens is 7. The van der Waals surface area contributed by atoms with Gasteiger partial charge in [0.15, 0.2) is 0 Å². The molecule has 0 aromatic heterocycles. The molecule has 12 rings (SSSR count). The Morgan fingerprint density at radius 2 is 0.706 bits per heavy atom. The number of nitrogens with zero attached hydrogens (tertiary/aromatic N) is 6. The fourth-order valence-electron chi connectivity index (χ4n) is 16.2. The van der Waals surface area contributed by atoms with Crippen molar-refractivity contribution >= 4 is 109 Å². The summed E-state index contributed by atoms with van der Waals surface area (Å²) in [5.74, 6) is -0.714. The van der Waals surface area contributed by atoms with Gasteiger partial charge in [-0.15, -0.1) is 0 Å². The molecule has 109 heavy (non-hydrogen) atoms. The number of benzene rings is 7. The first-order chi connectivity index (χ1) is 51.7. The second kappa shape index (κ2) is 46.8. The average Bonchev–Trinajstić information content (AvgIpc) is 1.75. The van der Waals surface area contributed by atoms with E-state index in [2.05, 4.69) is 196 Å². The molecular weight excluding hydrogens is 1760 g/mol. The first-order valence-corrected chi connectivity index (χ1v) is 55.2. The molecule has 0 bridgehead atoms. The van der Waals surface area contributed by atoms with E-state index in [1.165, 1.54) is 166 Å².